The summed E-state index contributed by atoms with van der Waals surface area (Å²) >= 11 is 0. The highest BCUT2D eigenvalue weighted by atomic mass is 16.6. The first-order chi connectivity index (χ1) is 9.78. The summed E-state index contributed by atoms with van der Waals surface area (Å²) in [5, 5.41) is 0. The molecule has 112 valence electrons. The number of carbonyl (C=O) groups is 1. The van der Waals surface area contributed by atoms with Crippen molar-refractivity contribution in [3.05, 3.63) is 47.9 Å². The lowest BCUT2D eigenvalue weighted by Crippen LogP contribution is -2.23. The standard InChI is InChI=1S/C17H21NO3/c1-11(18)12-5-7-13(8-6-12)14-9-10-20-15(14)16(19)21-17(2,3)4/h5-11H,18H2,1-4H3/t11-/m1/s1. The zero-order valence-electron chi connectivity index (χ0n) is 12.8. The van der Waals surface area contributed by atoms with Gasteiger partial charge in [-0.3, -0.25) is 0 Å². The van der Waals surface area contributed by atoms with E-state index in [0.717, 1.165) is 16.7 Å². The van der Waals surface area contributed by atoms with Gasteiger partial charge in [0, 0.05) is 11.6 Å². The van der Waals surface area contributed by atoms with Gasteiger partial charge in [0.05, 0.1) is 6.26 Å². The highest BCUT2D eigenvalue weighted by molar-refractivity contribution is 5.94. The van der Waals surface area contributed by atoms with Crippen LogP contribution in [0.4, 0.5) is 0 Å². The minimum absolute atomic E-state index is 0.0197. The van der Waals surface area contributed by atoms with Gasteiger partial charge >= 0.3 is 5.97 Å². The minimum atomic E-state index is -0.556. The number of ether oxygens (including phenoxy) is 1. The first kappa shape index (κ1) is 15.3. The molecule has 4 heteroatoms. The predicted octanol–water partition coefficient (Wildman–Crippen LogP) is 3.92. The number of benzene rings is 1. The molecule has 1 atom stereocenters. The molecule has 0 aliphatic rings. The lowest BCUT2D eigenvalue weighted by molar-refractivity contribution is 0.00372. The number of nitrogens with two attached hydrogens (primary N) is 1. The molecule has 21 heavy (non-hydrogen) atoms. The SMILES string of the molecule is C[C@@H](N)c1ccc(-c2ccoc2C(=O)OC(C)(C)C)cc1. The van der Waals surface area contributed by atoms with Crippen LogP contribution in [-0.4, -0.2) is 11.6 Å². The number of esters is 1. The lowest BCUT2D eigenvalue weighted by Gasteiger charge is -2.19. The zero-order chi connectivity index (χ0) is 15.6. The van der Waals surface area contributed by atoms with E-state index < -0.39 is 11.6 Å². The fraction of sp³-hybridized carbons (Fsp3) is 0.353. The van der Waals surface area contributed by atoms with Crippen LogP contribution in [-0.2, 0) is 4.74 Å². The van der Waals surface area contributed by atoms with E-state index in [-0.39, 0.29) is 11.8 Å². The van der Waals surface area contributed by atoms with Crippen molar-refractivity contribution in [3.63, 3.8) is 0 Å². The van der Waals surface area contributed by atoms with Crippen molar-refractivity contribution in [2.75, 3.05) is 0 Å². The molecule has 2 N–H and O–H groups in total. The van der Waals surface area contributed by atoms with E-state index in [1.54, 1.807) is 6.07 Å². The van der Waals surface area contributed by atoms with E-state index in [0.29, 0.717) is 0 Å². The van der Waals surface area contributed by atoms with Crippen molar-refractivity contribution in [2.45, 2.75) is 39.3 Å². The van der Waals surface area contributed by atoms with Crippen LogP contribution < -0.4 is 5.73 Å². The summed E-state index contributed by atoms with van der Waals surface area (Å²) in [5.41, 5.74) is 7.94. The summed E-state index contributed by atoms with van der Waals surface area (Å²) in [5.74, 6) is -0.239. The van der Waals surface area contributed by atoms with Crippen molar-refractivity contribution in [1.29, 1.82) is 0 Å². The maximum atomic E-state index is 12.2. The average molecular weight is 287 g/mol. The van der Waals surface area contributed by atoms with Gasteiger partial charge < -0.3 is 14.9 Å². The van der Waals surface area contributed by atoms with E-state index in [2.05, 4.69) is 0 Å². The van der Waals surface area contributed by atoms with E-state index in [9.17, 15) is 4.79 Å². The van der Waals surface area contributed by atoms with Gasteiger partial charge in [0.15, 0.2) is 0 Å². The summed E-state index contributed by atoms with van der Waals surface area (Å²) in [6.07, 6.45) is 1.49. The van der Waals surface area contributed by atoms with Gasteiger partial charge in [-0.1, -0.05) is 24.3 Å². The molecule has 0 spiro atoms. The van der Waals surface area contributed by atoms with E-state index in [1.165, 1.54) is 6.26 Å². The molecule has 0 fully saturated rings. The maximum Gasteiger partial charge on any atom is 0.375 e. The third-order valence-electron chi connectivity index (χ3n) is 3.00. The second-order valence-electron chi connectivity index (χ2n) is 6.08. The molecule has 4 nitrogen and oxygen atoms in total. The third kappa shape index (κ3) is 3.73. The van der Waals surface area contributed by atoms with Crippen molar-refractivity contribution >= 4 is 5.97 Å². The highest BCUT2D eigenvalue weighted by Gasteiger charge is 2.23. The molecule has 0 amide bonds. The van der Waals surface area contributed by atoms with Crippen molar-refractivity contribution in [2.24, 2.45) is 5.73 Å². The molecule has 0 bridgehead atoms. The second kappa shape index (κ2) is 5.74. The molecule has 2 rings (SSSR count). The van der Waals surface area contributed by atoms with Crippen molar-refractivity contribution in [1.82, 2.24) is 0 Å². The monoisotopic (exact) mass is 287 g/mol. The van der Waals surface area contributed by atoms with E-state index in [4.69, 9.17) is 14.9 Å². The number of hydrogen-bond acceptors (Lipinski definition) is 4. The Balaban J connectivity index is 2.30. The average Bonchev–Trinajstić information content (AvgIpc) is 2.86. The first-order valence-corrected chi connectivity index (χ1v) is 6.94. The highest BCUT2D eigenvalue weighted by Crippen LogP contribution is 2.27. The molecule has 0 aliphatic heterocycles. The summed E-state index contributed by atoms with van der Waals surface area (Å²) < 4.78 is 10.7. The molecule has 2 aromatic rings. The van der Waals surface area contributed by atoms with Gasteiger partial charge in [-0.05, 0) is 44.9 Å². The second-order valence-corrected chi connectivity index (χ2v) is 6.08. The zero-order valence-corrected chi connectivity index (χ0v) is 12.8. The Hall–Kier alpha value is -2.07. The molecule has 0 unspecified atom stereocenters. The number of hydrogen-bond donors (Lipinski definition) is 1. The minimum Gasteiger partial charge on any atom is -0.457 e. The predicted molar refractivity (Wildman–Crippen MR) is 81.9 cm³/mol. The fourth-order valence-corrected chi connectivity index (χ4v) is 1.99. The number of rotatable bonds is 3. The van der Waals surface area contributed by atoms with Gasteiger partial charge in [0.25, 0.3) is 0 Å². The van der Waals surface area contributed by atoms with Gasteiger partial charge in [-0.2, -0.15) is 0 Å². The molecular formula is C17H21NO3. The third-order valence-corrected chi connectivity index (χ3v) is 3.00. The smallest absolute Gasteiger partial charge is 0.375 e. The van der Waals surface area contributed by atoms with Crippen LogP contribution in [0.3, 0.4) is 0 Å². The van der Waals surface area contributed by atoms with Crippen molar-refractivity contribution < 1.29 is 13.9 Å². The van der Waals surface area contributed by atoms with Crippen LogP contribution in [0.2, 0.25) is 0 Å². The van der Waals surface area contributed by atoms with Crippen LogP contribution in [0.1, 0.15) is 49.9 Å². The van der Waals surface area contributed by atoms with E-state index in [1.807, 2.05) is 52.0 Å². The Bertz CT molecular complexity index is 618. The summed E-state index contributed by atoms with van der Waals surface area (Å²) in [4.78, 5) is 12.2. The summed E-state index contributed by atoms with van der Waals surface area (Å²) in [6, 6.07) is 9.50. The Morgan fingerprint density at radius 2 is 1.81 bits per heavy atom. The molecule has 0 radical (unpaired) electrons. The van der Waals surface area contributed by atoms with Crippen LogP contribution in [0.25, 0.3) is 11.1 Å². The summed E-state index contributed by atoms with van der Waals surface area (Å²) in [7, 11) is 0. The van der Waals surface area contributed by atoms with Crippen molar-refractivity contribution in [3.8, 4) is 11.1 Å². The van der Waals surface area contributed by atoms with Gasteiger partial charge in [0.2, 0.25) is 5.76 Å². The largest absolute Gasteiger partial charge is 0.457 e. The van der Waals surface area contributed by atoms with Crippen LogP contribution in [0.15, 0.2) is 41.0 Å². The van der Waals surface area contributed by atoms with Crippen LogP contribution in [0, 0.1) is 0 Å². The molecule has 0 saturated heterocycles. The van der Waals surface area contributed by atoms with Crippen LogP contribution in [0.5, 0.6) is 0 Å². The Morgan fingerprint density at radius 1 is 1.19 bits per heavy atom. The Labute approximate surface area is 124 Å². The maximum absolute atomic E-state index is 12.2. The molecule has 1 aromatic carbocycles. The van der Waals surface area contributed by atoms with Crippen LogP contribution >= 0.6 is 0 Å². The summed E-state index contributed by atoms with van der Waals surface area (Å²) in [6.45, 7) is 7.40. The first-order valence-electron chi connectivity index (χ1n) is 6.94. The number of furan rings is 1. The van der Waals surface area contributed by atoms with Gasteiger partial charge in [-0.15, -0.1) is 0 Å². The Morgan fingerprint density at radius 3 is 2.33 bits per heavy atom. The normalized spacial score (nSPS) is 13.0. The van der Waals surface area contributed by atoms with Gasteiger partial charge in [-0.25, -0.2) is 4.79 Å². The topological polar surface area (TPSA) is 65.5 Å². The van der Waals surface area contributed by atoms with Gasteiger partial charge in [0.1, 0.15) is 5.60 Å². The molecule has 0 saturated carbocycles. The fourth-order valence-electron chi connectivity index (χ4n) is 1.99. The lowest BCUT2D eigenvalue weighted by atomic mass is 10.0. The van der Waals surface area contributed by atoms with E-state index >= 15 is 0 Å². The quantitative estimate of drug-likeness (QED) is 0.869. The molecule has 1 aromatic heterocycles. The molecule has 1 heterocycles. The number of carbonyl (C=O) groups excluding carboxylic acids is 1. The molecular weight excluding hydrogens is 266 g/mol. The Kier molecular flexibility index (Phi) is 4.19. The molecule has 0 aliphatic carbocycles.